The van der Waals surface area contributed by atoms with Crippen LogP contribution in [0.4, 0.5) is 0 Å². The van der Waals surface area contributed by atoms with Gasteiger partial charge in [-0.25, -0.2) is 4.99 Å². The standard InChI is InChI=1S/C29H29BrN2O4/c1-2-17-29(28(34)31-20-21-7-4-3-5-8-21)26(22-9-13-24(30)14-10-22)36-27(32-29)23-11-15-25(16-12-23)35-19-6-18-33/h2-5,7-16,26,33H,1,6,17-20H2,(H,31,34)/t26-,29-/m1/s1. The molecule has 0 saturated carbocycles. The van der Waals surface area contributed by atoms with E-state index in [-0.39, 0.29) is 12.5 Å². The maximum Gasteiger partial charge on any atom is 0.252 e. The molecule has 0 bridgehead atoms. The fourth-order valence-corrected chi connectivity index (χ4v) is 4.37. The van der Waals surface area contributed by atoms with Crippen LogP contribution in [-0.4, -0.2) is 35.7 Å². The highest BCUT2D eigenvalue weighted by atomic mass is 79.9. The second kappa shape index (κ2) is 12.0. The summed E-state index contributed by atoms with van der Waals surface area (Å²) < 4.78 is 13.0. The summed E-state index contributed by atoms with van der Waals surface area (Å²) in [6.07, 6.45) is 1.95. The first-order chi connectivity index (χ1) is 17.6. The average molecular weight is 549 g/mol. The molecule has 1 aliphatic rings. The van der Waals surface area contributed by atoms with Crippen molar-refractivity contribution in [3.63, 3.8) is 0 Å². The maximum absolute atomic E-state index is 13.8. The molecule has 4 rings (SSSR count). The molecule has 7 heteroatoms. The summed E-state index contributed by atoms with van der Waals surface area (Å²) in [4.78, 5) is 18.7. The van der Waals surface area contributed by atoms with Crippen LogP contribution in [0.5, 0.6) is 5.75 Å². The first-order valence-electron chi connectivity index (χ1n) is 11.8. The number of benzene rings is 3. The molecule has 1 aliphatic heterocycles. The van der Waals surface area contributed by atoms with Gasteiger partial charge in [-0.05, 0) is 47.5 Å². The predicted molar refractivity (Wildman–Crippen MR) is 144 cm³/mol. The van der Waals surface area contributed by atoms with E-state index in [9.17, 15) is 4.79 Å². The molecule has 3 aromatic rings. The highest BCUT2D eigenvalue weighted by Gasteiger charge is 2.52. The topological polar surface area (TPSA) is 80.2 Å². The van der Waals surface area contributed by atoms with Crippen LogP contribution >= 0.6 is 15.9 Å². The van der Waals surface area contributed by atoms with Gasteiger partial charge in [-0.1, -0.05) is 64.5 Å². The van der Waals surface area contributed by atoms with Crippen molar-refractivity contribution in [2.45, 2.75) is 31.0 Å². The Kier molecular flexibility index (Phi) is 8.57. The molecule has 0 radical (unpaired) electrons. The number of hydrogen-bond acceptors (Lipinski definition) is 5. The zero-order valence-corrected chi connectivity index (χ0v) is 21.5. The second-order valence-corrected chi connectivity index (χ2v) is 9.42. The third kappa shape index (κ3) is 5.86. The van der Waals surface area contributed by atoms with Gasteiger partial charge in [0.05, 0.1) is 6.61 Å². The van der Waals surface area contributed by atoms with Gasteiger partial charge in [0.2, 0.25) is 5.90 Å². The van der Waals surface area contributed by atoms with Crippen LogP contribution in [0.2, 0.25) is 0 Å². The van der Waals surface area contributed by atoms with Crippen molar-refractivity contribution >= 4 is 27.7 Å². The van der Waals surface area contributed by atoms with Crippen LogP contribution in [-0.2, 0) is 16.1 Å². The van der Waals surface area contributed by atoms with Gasteiger partial charge in [-0.3, -0.25) is 4.79 Å². The number of carbonyl (C=O) groups is 1. The van der Waals surface area contributed by atoms with E-state index in [1.807, 2.05) is 78.9 Å². The Morgan fingerprint density at radius 2 is 1.83 bits per heavy atom. The number of nitrogens with one attached hydrogen (secondary N) is 1. The monoisotopic (exact) mass is 548 g/mol. The average Bonchev–Trinajstić information content (AvgIpc) is 3.29. The second-order valence-electron chi connectivity index (χ2n) is 8.50. The van der Waals surface area contributed by atoms with E-state index in [4.69, 9.17) is 19.6 Å². The molecule has 36 heavy (non-hydrogen) atoms. The van der Waals surface area contributed by atoms with Crippen LogP contribution in [0.1, 0.15) is 35.6 Å². The van der Waals surface area contributed by atoms with E-state index in [0.29, 0.717) is 37.6 Å². The summed E-state index contributed by atoms with van der Waals surface area (Å²) in [5.74, 6) is 0.855. The van der Waals surface area contributed by atoms with Gasteiger partial charge in [0.15, 0.2) is 11.6 Å². The summed E-state index contributed by atoms with van der Waals surface area (Å²) in [5, 5.41) is 12.0. The molecule has 2 N–H and O–H groups in total. The molecule has 0 unspecified atom stereocenters. The molecule has 2 atom stereocenters. The molecule has 186 valence electrons. The van der Waals surface area contributed by atoms with Crippen LogP contribution in [0.15, 0.2) is 101 Å². The molecule has 0 fully saturated rings. The minimum atomic E-state index is -1.21. The van der Waals surface area contributed by atoms with Gasteiger partial charge < -0.3 is 19.9 Å². The van der Waals surface area contributed by atoms with E-state index in [1.165, 1.54) is 0 Å². The first-order valence-corrected chi connectivity index (χ1v) is 12.6. The minimum Gasteiger partial charge on any atom is -0.494 e. The van der Waals surface area contributed by atoms with Crippen molar-refractivity contribution in [1.82, 2.24) is 5.32 Å². The molecular formula is C29H29BrN2O4. The highest BCUT2D eigenvalue weighted by molar-refractivity contribution is 9.10. The number of carbonyl (C=O) groups excluding carboxylic acids is 1. The Bertz CT molecular complexity index is 1200. The van der Waals surface area contributed by atoms with Crippen LogP contribution in [0.25, 0.3) is 0 Å². The molecule has 1 heterocycles. The first kappa shape index (κ1) is 25.7. The molecule has 0 saturated heterocycles. The predicted octanol–water partition coefficient (Wildman–Crippen LogP) is 5.36. The van der Waals surface area contributed by atoms with Crippen LogP contribution in [0.3, 0.4) is 0 Å². The summed E-state index contributed by atoms with van der Waals surface area (Å²) >= 11 is 3.48. The number of amides is 1. The quantitative estimate of drug-likeness (QED) is 0.249. The van der Waals surface area contributed by atoms with Crippen molar-refractivity contribution in [3.05, 3.63) is 113 Å². The van der Waals surface area contributed by atoms with E-state index in [1.54, 1.807) is 6.08 Å². The summed E-state index contributed by atoms with van der Waals surface area (Å²) in [6, 6.07) is 24.9. The number of rotatable bonds is 11. The zero-order valence-electron chi connectivity index (χ0n) is 19.9. The number of aliphatic imine (C=N–C) groups is 1. The lowest BCUT2D eigenvalue weighted by Gasteiger charge is -2.29. The van der Waals surface area contributed by atoms with Gasteiger partial charge in [0, 0.05) is 36.0 Å². The number of hydrogen-bond donors (Lipinski definition) is 2. The number of halogens is 1. The number of nitrogens with zero attached hydrogens (tertiary/aromatic N) is 1. The maximum atomic E-state index is 13.8. The Balaban J connectivity index is 1.66. The molecule has 0 spiro atoms. The third-order valence-electron chi connectivity index (χ3n) is 5.95. The third-order valence-corrected chi connectivity index (χ3v) is 6.48. The Labute approximate surface area is 219 Å². The zero-order chi connectivity index (χ0) is 25.4. The summed E-state index contributed by atoms with van der Waals surface area (Å²) in [5.41, 5.74) is 1.38. The SMILES string of the molecule is C=CC[C@@]1(C(=O)NCc2ccccc2)N=C(c2ccc(OCCCO)cc2)O[C@@H]1c1ccc(Br)cc1. The van der Waals surface area contributed by atoms with Crippen molar-refractivity contribution in [2.75, 3.05) is 13.2 Å². The summed E-state index contributed by atoms with van der Waals surface area (Å²) in [7, 11) is 0. The van der Waals surface area contributed by atoms with E-state index >= 15 is 0 Å². The normalized spacial score (nSPS) is 18.7. The lowest BCUT2D eigenvalue weighted by Crippen LogP contribution is -2.47. The van der Waals surface area contributed by atoms with Crippen LogP contribution < -0.4 is 10.1 Å². The smallest absolute Gasteiger partial charge is 0.252 e. The van der Waals surface area contributed by atoms with Gasteiger partial charge in [0.1, 0.15) is 5.75 Å². The molecule has 6 nitrogen and oxygen atoms in total. The van der Waals surface area contributed by atoms with E-state index < -0.39 is 11.6 Å². The fourth-order valence-electron chi connectivity index (χ4n) is 4.10. The minimum absolute atomic E-state index is 0.0812. The van der Waals surface area contributed by atoms with Crippen molar-refractivity contribution in [1.29, 1.82) is 0 Å². The van der Waals surface area contributed by atoms with Gasteiger partial charge in [-0.15, -0.1) is 6.58 Å². The molecular weight excluding hydrogens is 520 g/mol. The van der Waals surface area contributed by atoms with E-state index in [0.717, 1.165) is 21.2 Å². The molecule has 3 aromatic carbocycles. The fraction of sp³-hybridized carbons (Fsp3) is 0.241. The Morgan fingerprint density at radius 3 is 2.50 bits per heavy atom. The van der Waals surface area contributed by atoms with Crippen LogP contribution in [0, 0.1) is 0 Å². The van der Waals surface area contributed by atoms with Gasteiger partial charge in [-0.2, -0.15) is 0 Å². The highest BCUT2D eigenvalue weighted by Crippen LogP contribution is 2.43. The molecule has 0 aliphatic carbocycles. The van der Waals surface area contributed by atoms with Crippen molar-refractivity contribution < 1.29 is 19.4 Å². The number of aliphatic hydroxyl groups is 1. The summed E-state index contributed by atoms with van der Waals surface area (Å²) in [6.45, 7) is 4.81. The number of ether oxygens (including phenoxy) is 2. The van der Waals surface area contributed by atoms with Crippen molar-refractivity contribution in [3.8, 4) is 5.75 Å². The molecule has 1 amide bonds. The van der Waals surface area contributed by atoms with E-state index in [2.05, 4.69) is 27.8 Å². The lowest BCUT2D eigenvalue weighted by molar-refractivity contribution is -0.129. The lowest BCUT2D eigenvalue weighted by atomic mass is 9.84. The Hall–Kier alpha value is -3.42. The largest absolute Gasteiger partial charge is 0.494 e. The van der Waals surface area contributed by atoms with Gasteiger partial charge >= 0.3 is 0 Å². The Morgan fingerprint density at radius 1 is 1.11 bits per heavy atom. The van der Waals surface area contributed by atoms with Gasteiger partial charge in [0.25, 0.3) is 5.91 Å². The van der Waals surface area contributed by atoms with Crippen molar-refractivity contribution in [2.24, 2.45) is 4.99 Å². The number of aliphatic hydroxyl groups excluding tert-OH is 1. The molecule has 0 aromatic heterocycles.